The normalized spacial score (nSPS) is 14.7. The van der Waals surface area contributed by atoms with Gasteiger partial charge in [0, 0.05) is 18.8 Å². The minimum absolute atomic E-state index is 0.365. The van der Waals surface area contributed by atoms with Gasteiger partial charge in [-0.25, -0.2) is 4.79 Å². The summed E-state index contributed by atoms with van der Waals surface area (Å²) in [5, 5.41) is 0. The Labute approximate surface area is 123 Å². The van der Waals surface area contributed by atoms with E-state index < -0.39 is 0 Å². The largest absolute Gasteiger partial charge is 0.467 e. The molecule has 0 atom stereocenters. The molecule has 2 aromatic rings. The van der Waals surface area contributed by atoms with Gasteiger partial charge in [-0.15, -0.1) is 0 Å². The van der Waals surface area contributed by atoms with Crippen LogP contribution in [0.4, 0.5) is 5.69 Å². The van der Waals surface area contributed by atoms with E-state index in [-0.39, 0.29) is 5.97 Å². The number of rotatable bonds is 3. The topological polar surface area (TPSA) is 68.7 Å². The number of nitrogens with zero attached hydrogens (tertiary/aromatic N) is 1. The molecule has 1 aliphatic rings. The fraction of sp³-hybridized carbons (Fsp3) is 0.312. The van der Waals surface area contributed by atoms with E-state index in [0.717, 1.165) is 25.2 Å². The second kappa shape index (κ2) is 5.61. The highest BCUT2D eigenvalue weighted by Gasteiger charge is 2.22. The Hall–Kier alpha value is -2.27. The second-order valence-electron chi connectivity index (χ2n) is 5.19. The third-order valence-electron chi connectivity index (χ3n) is 3.91. The van der Waals surface area contributed by atoms with E-state index >= 15 is 0 Å². The van der Waals surface area contributed by atoms with Crippen molar-refractivity contribution in [3.05, 3.63) is 53.0 Å². The third kappa shape index (κ3) is 2.64. The van der Waals surface area contributed by atoms with E-state index in [1.807, 2.05) is 12.1 Å². The van der Waals surface area contributed by atoms with E-state index in [1.54, 1.807) is 6.07 Å². The SMILES string of the molecule is COC(=O)c1ccoc1CN1CCc2cccc(N)c2C1. The maximum Gasteiger partial charge on any atom is 0.341 e. The summed E-state index contributed by atoms with van der Waals surface area (Å²) in [5.41, 5.74) is 9.85. The summed E-state index contributed by atoms with van der Waals surface area (Å²) in [4.78, 5) is 13.9. The first-order valence-corrected chi connectivity index (χ1v) is 6.92. The summed E-state index contributed by atoms with van der Waals surface area (Å²) in [6.45, 7) is 2.26. The average Bonchev–Trinajstić information content (AvgIpc) is 2.95. The van der Waals surface area contributed by atoms with Crippen molar-refractivity contribution in [2.75, 3.05) is 19.4 Å². The van der Waals surface area contributed by atoms with Crippen molar-refractivity contribution in [2.45, 2.75) is 19.5 Å². The molecule has 21 heavy (non-hydrogen) atoms. The van der Waals surface area contributed by atoms with Gasteiger partial charge in [0.25, 0.3) is 0 Å². The minimum Gasteiger partial charge on any atom is -0.467 e. The Kier molecular flexibility index (Phi) is 3.66. The molecule has 0 bridgehead atoms. The smallest absolute Gasteiger partial charge is 0.341 e. The molecule has 5 nitrogen and oxygen atoms in total. The van der Waals surface area contributed by atoms with Gasteiger partial charge in [0.15, 0.2) is 0 Å². The first-order chi connectivity index (χ1) is 10.2. The van der Waals surface area contributed by atoms with Crippen molar-refractivity contribution in [1.82, 2.24) is 4.90 Å². The highest BCUT2D eigenvalue weighted by Crippen LogP contribution is 2.26. The number of furan rings is 1. The second-order valence-corrected chi connectivity index (χ2v) is 5.19. The first kappa shape index (κ1) is 13.7. The van der Waals surface area contributed by atoms with Gasteiger partial charge in [-0.1, -0.05) is 12.1 Å². The zero-order valence-corrected chi connectivity index (χ0v) is 12.0. The van der Waals surface area contributed by atoms with Crippen LogP contribution >= 0.6 is 0 Å². The van der Waals surface area contributed by atoms with Crippen LogP contribution in [0.3, 0.4) is 0 Å². The van der Waals surface area contributed by atoms with Crippen LogP contribution in [0.1, 0.15) is 27.2 Å². The number of fused-ring (bicyclic) bond motifs is 1. The van der Waals surface area contributed by atoms with Crippen molar-refractivity contribution in [1.29, 1.82) is 0 Å². The lowest BCUT2D eigenvalue weighted by atomic mass is 9.98. The highest BCUT2D eigenvalue weighted by atomic mass is 16.5. The molecule has 0 fully saturated rings. The molecule has 0 saturated heterocycles. The van der Waals surface area contributed by atoms with Crippen LogP contribution in [0, 0.1) is 0 Å². The molecule has 0 saturated carbocycles. The van der Waals surface area contributed by atoms with E-state index in [2.05, 4.69) is 11.0 Å². The molecule has 0 unspecified atom stereocenters. The van der Waals surface area contributed by atoms with Gasteiger partial charge >= 0.3 is 5.97 Å². The van der Waals surface area contributed by atoms with Crippen molar-refractivity contribution in [2.24, 2.45) is 0 Å². The highest BCUT2D eigenvalue weighted by molar-refractivity contribution is 5.90. The van der Waals surface area contributed by atoms with Crippen molar-refractivity contribution in [3.8, 4) is 0 Å². The van der Waals surface area contributed by atoms with Crippen LogP contribution in [-0.2, 0) is 24.2 Å². The Morgan fingerprint density at radius 1 is 1.43 bits per heavy atom. The Morgan fingerprint density at radius 3 is 3.10 bits per heavy atom. The van der Waals surface area contributed by atoms with Crippen LogP contribution < -0.4 is 5.73 Å². The molecule has 3 rings (SSSR count). The molecule has 0 spiro atoms. The van der Waals surface area contributed by atoms with Crippen molar-refractivity contribution >= 4 is 11.7 Å². The monoisotopic (exact) mass is 286 g/mol. The Balaban J connectivity index is 1.77. The van der Waals surface area contributed by atoms with Gasteiger partial charge in [0.2, 0.25) is 0 Å². The molecule has 2 heterocycles. The van der Waals surface area contributed by atoms with Crippen LogP contribution in [0.15, 0.2) is 34.9 Å². The van der Waals surface area contributed by atoms with E-state index in [4.69, 9.17) is 14.9 Å². The number of ether oxygens (including phenoxy) is 1. The van der Waals surface area contributed by atoms with E-state index in [1.165, 1.54) is 24.5 Å². The van der Waals surface area contributed by atoms with E-state index in [9.17, 15) is 4.79 Å². The molecular formula is C16H18N2O3. The molecule has 1 aromatic heterocycles. The summed E-state index contributed by atoms with van der Waals surface area (Å²) in [6.07, 6.45) is 2.47. The van der Waals surface area contributed by atoms with Gasteiger partial charge in [0.1, 0.15) is 11.3 Å². The fourth-order valence-electron chi connectivity index (χ4n) is 2.76. The number of benzene rings is 1. The lowest BCUT2D eigenvalue weighted by Gasteiger charge is -2.29. The lowest BCUT2D eigenvalue weighted by molar-refractivity contribution is 0.0596. The summed E-state index contributed by atoms with van der Waals surface area (Å²) in [7, 11) is 1.37. The van der Waals surface area contributed by atoms with E-state index in [0.29, 0.717) is 17.9 Å². The zero-order chi connectivity index (χ0) is 14.8. The number of carbonyl (C=O) groups is 1. The van der Waals surface area contributed by atoms with Crippen molar-refractivity contribution in [3.63, 3.8) is 0 Å². The Morgan fingerprint density at radius 2 is 2.29 bits per heavy atom. The number of hydrogen-bond acceptors (Lipinski definition) is 5. The third-order valence-corrected chi connectivity index (χ3v) is 3.91. The standard InChI is InChI=1S/C16H18N2O3/c1-20-16(19)12-6-8-21-15(12)10-18-7-5-11-3-2-4-14(17)13(11)9-18/h2-4,6,8H,5,7,9-10,17H2,1H3. The van der Waals surface area contributed by atoms with Gasteiger partial charge in [-0.05, 0) is 29.7 Å². The minimum atomic E-state index is -0.365. The molecule has 110 valence electrons. The van der Waals surface area contributed by atoms with Gasteiger partial charge in [0.05, 0.1) is 19.9 Å². The predicted molar refractivity (Wildman–Crippen MR) is 78.7 cm³/mol. The molecule has 2 N–H and O–H groups in total. The number of esters is 1. The van der Waals surface area contributed by atoms with Crippen LogP contribution in [0.2, 0.25) is 0 Å². The Bertz CT molecular complexity index is 663. The molecule has 0 amide bonds. The fourth-order valence-corrected chi connectivity index (χ4v) is 2.76. The van der Waals surface area contributed by atoms with Crippen LogP contribution in [0.25, 0.3) is 0 Å². The molecule has 5 heteroatoms. The van der Waals surface area contributed by atoms with Crippen molar-refractivity contribution < 1.29 is 13.9 Å². The summed E-state index contributed by atoms with van der Waals surface area (Å²) < 4.78 is 10.2. The number of anilines is 1. The van der Waals surface area contributed by atoms with Gasteiger partial charge in [-0.2, -0.15) is 0 Å². The lowest BCUT2D eigenvalue weighted by Crippen LogP contribution is -2.31. The number of nitrogen functional groups attached to an aromatic ring is 1. The number of nitrogens with two attached hydrogens (primary N) is 1. The average molecular weight is 286 g/mol. The quantitative estimate of drug-likeness (QED) is 0.692. The molecule has 0 radical (unpaired) electrons. The molecular weight excluding hydrogens is 268 g/mol. The number of carbonyl (C=O) groups excluding carboxylic acids is 1. The molecule has 0 aliphatic carbocycles. The predicted octanol–water partition coefficient (Wildman–Crippen LogP) is 2.21. The van der Waals surface area contributed by atoms with Gasteiger partial charge in [-0.3, -0.25) is 4.90 Å². The maximum atomic E-state index is 11.7. The zero-order valence-electron chi connectivity index (χ0n) is 12.0. The maximum absolute atomic E-state index is 11.7. The number of hydrogen-bond donors (Lipinski definition) is 1. The number of methoxy groups -OCH3 is 1. The first-order valence-electron chi connectivity index (χ1n) is 6.92. The summed E-state index contributed by atoms with van der Waals surface area (Å²) in [5.74, 6) is 0.274. The van der Waals surface area contributed by atoms with Crippen LogP contribution in [0.5, 0.6) is 0 Å². The molecule has 1 aromatic carbocycles. The summed E-state index contributed by atoms with van der Waals surface area (Å²) >= 11 is 0. The molecule has 1 aliphatic heterocycles. The van der Waals surface area contributed by atoms with Gasteiger partial charge < -0.3 is 14.9 Å². The summed E-state index contributed by atoms with van der Waals surface area (Å²) in [6, 6.07) is 7.68. The van der Waals surface area contributed by atoms with Crippen LogP contribution in [-0.4, -0.2) is 24.5 Å².